The zero-order valence-electron chi connectivity index (χ0n) is 13.9. The van der Waals surface area contributed by atoms with Gasteiger partial charge in [0.2, 0.25) is 5.13 Å². The van der Waals surface area contributed by atoms with Crippen molar-refractivity contribution in [1.82, 2.24) is 9.36 Å². The molecule has 23 heavy (non-hydrogen) atoms. The highest BCUT2D eigenvalue weighted by Gasteiger charge is 2.35. The summed E-state index contributed by atoms with van der Waals surface area (Å²) in [5.74, 6) is 0.761. The van der Waals surface area contributed by atoms with Crippen molar-refractivity contribution in [2.75, 3.05) is 11.4 Å². The van der Waals surface area contributed by atoms with E-state index in [0.29, 0.717) is 0 Å². The second kappa shape index (κ2) is 6.29. The molecule has 0 saturated carbocycles. The van der Waals surface area contributed by atoms with Crippen LogP contribution in [0.15, 0.2) is 30.3 Å². The van der Waals surface area contributed by atoms with Crippen molar-refractivity contribution in [2.24, 2.45) is 0 Å². The zero-order chi connectivity index (χ0) is 16.4. The average molecular weight is 326 g/mol. The molecule has 0 N–H and O–H groups in total. The van der Waals surface area contributed by atoms with Gasteiger partial charge in [0.1, 0.15) is 5.82 Å². The molecule has 3 rings (SSSR count). The highest BCUT2D eigenvalue weighted by Crippen LogP contribution is 2.36. The molecule has 1 aromatic carbocycles. The lowest BCUT2D eigenvalue weighted by Gasteiger charge is -2.27. The number of hydrogen-bond acceptors (Lipinski definition) is 5. The number of nitriles is 1. The van der Waals surface area contributed by atoms with Crippen molar-refractivity contribution in [3.8, 4) is 6.07 Å². The Morgan fingerprint density at radius 2 is 2.04 bits per heavy atom. The lowest BCUT2D eigenvalue weighted by Crippen LogP contribution is -2.34. The van der Waals surface area contributed by atoms with Crippen LogP contribution in [0.3, 0.4) is 0 Å². The molecule has 2 atom stereocenters. The fourth-order valence-corrected chi connectivity index (χ4v) is 4.00. The summed E-state index contributed by atoms with van der Waals surface area (Å²) in [6, 6.07) is 12.8. The van der Waals surface area contributed by atoms with Crippen molar-refractivity contribution >= 4 is 16.7 Å². The summed E-state index contributed by atoms with van der Waals surface area (Å²) < 4.78 is 4.53. The van der Waals surface area contributed by atoms with Crippen LogP contribution in [0.4, 0.5) is 5.13 Å². The molecular weight excluding hydrogens is 304 g/mol. The van der Waals surface area contributed by atoms with E-state index in [4.69, 9.17) is 4.98 Å². The van der Waals surface area contributed by atoms with Crippen LogP contribution in [-0.2, 0) is 5.41 Å². The van der Waals surface area contributed by atoms with Crippen LogP contribution in [-0.4, -0.2) is 21.9 Å². The molecule has 1 aliphatic heterocycles. The largest absolute Gasteiger partial charge is 0.342 e. The van der Waals surface area contributed by atoms with Crippen LogP contribution in [0.25, 0.3) is 0 Å². The first-order chi connectivity index (χ1) is 11.0. The molecule has 0 amide bonds. The quantitative estimate of drug-likeness (QED) is 0.851. The van der Waals surface area contributed by atoms with E-state index < -0.39 is 0 Å². The lowest BCUT2D eigenvalue weighted by atomic mass is 9.91. The minimum absolute atomic E-state index is 0.0436. The van der Waals surface area contributed by atoms with Gasteiger partial charge in [-0.25, -0.2) is 4.98 Å². The van der Waals surface area contributed by atoms with Crippen molar-refractivity contribution < 1.29 is 0 Å². The van der Waals surface area contributed by atoms with Gasteiger partial charge in [0.05, 0.1) is 18.0 Å². The van der Waals surface area contributed by atoms with Crippen molar-refractivity contribution in [1.29, 1.82) is 5.26 Å². The van der Waals surface area contributed by atoms with Gasteiger partial charge < -0.3 is 4.90 Å². The van der Waals surface area contributed by atoms with E-state index in [2.05, 4.69) is 36.1 Å². The third-order valence-corrected chi connectivity index (χ3v) is 5.07. The Labute approximate surface area is 142 Å². The van der Waals surface area contributed by atoms with E-state index in [1.165, 1.54) is 11.5 Å². The maximum atomic E-state index is 9.73. The minimum atomic E-state index is -0.124. The Kier molecular flexibility index (Phi) is 4.36. The van der Waals surface area contributed by atoms with Gasteiger partial charge in [-0.1, -0.05) is 51.1 Å². The average Bonchev–Trinajstić information content (AvgIpc) is 3.17. The molecule has 5 heteroatoms. The number of hydrogen-bond donors (Lipinski definition) is 0. The first-order valence-corrected chi connectivity index (χ1v) is 8.83. The van der Waals surface area contributed by atoms with Crippen molar-refractivity contribution in [3.05, 3.63) is 41.7 Å². The molecule has 1 aromatic heterocycles. The lowest BCUT2D eigenvalue weighted by molar-refractivity contribution is 0.552. The molecule has 2 heterocycles. The van der Waals surface area contributed by atoms with Crippen molar-refractivity contribution in [3.63, 3.8) is 0 Å². The van der Waals surface area contributed by atoms with E-state index in [-0.39, 0.29) is 17.4 Å². The molecular formula is C18H22N4S. The number of anilines is 1. The van der Waals surface area contributed by atoms with E-state index in [1.807, 2.05) is 30.3 Å². The molecule has 0 spiro atoms. The fourth-order valence-electron chi connectivity index (χ4n) is 3.06. The Bertz CT molecular complexity index is 696. The SMILES string of the molecule is CC(C)(C)c1nsc(N2CCCC2C(C#N)c2ccccc2)n1. The van der Waals surface area contributed by atoms with E-state index >= 15 is 0 Å². The number of benzene rings is 1. The van der Waals surface area contributed by atoms with E-state index in [1.54, 1.807) is 0 Å². The van der Waals surface area contributed by atoms with Crippen LogP contribution in [0.1, 0.15) is 50.9 Å². The van der Waals surface area contributed by atoms with Gasteiger partial charge in [-0.2, -0.15) is 9.64 Å². The van der Waals surface area contributed by atoms with E-state index in [9.17, 15) is 5.26 Å². The number of nitrogens with zero attached hydrogens (tertiary/aromatic N) is 4. The summed E-state index contributed by atoms with van der Waals surface area (Å²) >= 11 is 1.46. The Morgan fingerprint density at radius 3 is 2.65 bits per heavy atom. The molecule has 0 aliphatic carbocycles. The first kappa shape index (κ1) is 15.9. The monoisotopic (exact) mass is 326 g/mol. The number of rotatable bonds is 3. The summed E-state index contributed by atoms with van der Waals surface area (Å²) in [5.41, 5.74) is 1.05. The van der Waals surface area contributed by atoms with Gasteiger partial charge >= 0.3 is 0 Å². The van der Waals surface area contributed by atoms with Crippen LogP contribution in [0.5, 0.6) is 0 Å². The summed E-state index contributed by atoms with van der Waals surface area (Å²) in [4.78, 5) is 7.03. The van der Waals surface area contributed by atoms with Crippen LogP contribution < -0.4 is 4.90 Å². The van der Waals surface area contributed by atoms with Gasteiger partial charge in [-0.05, 0) is 18.4 Å². The molecule has 0 bridgehead atoms. The molecule has 2 unspecified atom stereocenters. The van der Waals surface area contributed by atoms with Crippen LogP contribution in [0.2, 0.25) is 0 Å². The molecule has 2 aromatic rings. The van der Waals surface area contributed by atoms with E-state index in [0.717, 1.165) is 35.9 Å². The molecule has 4 nitrogen and oxygen atoms in total. The Morgan fingerprint density at radius 1 is 1.30 bits per heavy atom. The Balaban J connectivity index is 1.88. The third kappa shape index (κ3) is 3.23. The third-order valence-electron chi connectivity index (χ3n) is 4.31. The smallest absolute Gasteiger partial charge is 0.205 e. The highest BCUT2D eigenvalue weighted by atomic mass is 32.1. The second-order valence-corrected chi connectivity index (χ2v) is 7.80. The minimum Gasteiger partial charge on any atom is -0.342 e. The normalized spacial score (nSPS) is 19.6. The maximum absolute atomic E-state index is 9.73. The molecule has 1 saturated heterocycles. The van der Waals surface area contributed by atoms with Gasteiger partial charge in [-0.15, -0.1) is 0 Å². The summed E-state index contributed by atoms with van der Waals surface area (Å²) in [5, 5.41) is 10.7. The summed E-state index contributed by atoms with van der Waals surface area (Å²) in [6.07, 6.45) is 2.12. The summed E-state index contributed by atoms with van der Waals surface area (Å²) in [6.45, 7) is 7.33. The maximum Gasteiger partial charge on any atom is 0.205 e. The van der Waals surface area contributed by atoms with Gasteiger partial charge in [0, 0.05) is 23.5 Å². The Hall–Kier alpha value is -1.93. The highest BCUT2D eigenvalue weighted by molar-refractivity contribution is 7.09. The second-order valence-electron chi connectivity index (χ2n) is 7.07. The summed E-state index contributed by atoms with van der Waals surface area (Å²) in [7, 11) is 0. The van der Waals surface area contributed by atoms with Crippen LogP contribution in [0, 0.1) is 11.3 Å². The predicted octanol–water partition coefficient (Wildman–Crippen LogP) is 4.11. The standard InChI is InChI=1S/C18H22N4S/c1-18(2,3)16-20-17(23-21-16)22-11-7-10-15(22)14(12-19)13-8-5-4-6-9-13/h4-6,8-9,14-15H,7,10-11H2,1-3H3. The first-order valence-electron chi connectivity index (χ1n) is 8.06. The van der Waals surface area contributed by atoms with Crippen molar-refractivity contribution in [2.45, 2.75) is 51.0 Å². The predicted molar refractivity (Wildman–Crippen MR) is 93.8 cm³/mol. The van der Waals surface area contributed by atoms with Crippen LogP contribution >= 0.6 is 11.5 Å². The molecule has 1 fully saturated rings. The topological polar surface area (TPSA) is 52.8 Å². The van der Waals surface area contributed by atoms with Gasteiger partial charge in [-0.3, -0.25) is 0 Å². The molecule has 120 valence electrons. The number of aromatic nitrogens is 2. The van der Waals surface area contributed by atoms with Gasteiger partial charge in [0.15, 0.2) is 0 Å². The zero-order valence-corrected chi connectivity index (χ0v) is 14.7. The fraction of sp³-hybridized carbons (Fsp3) is 0.500. The van der Waals surface area contributed by atoms with Gasteiger partial charge in [0.25, 0.3) is 0 Å². The molecule has 1 aliphatic rings. The molecule has 0 radical (unpaired) electrons.